The average molecular weight is 341 g/mol. The van der Waals surface area contributed by atoms with E-state index in [0.29, 0.717) is 12.1 Å². The molecule has 0 saturated heterocycles. The number of anilines is 1. The van der Waals surface area contributed by atoms with Crippen LogP contribution < -0.4 is 10.2 Å². The first kappa shape index (κ1) is 17.5. The van der Waals surface area contributed by atoms with Gasteiger partial charge in [0.25, 0.3) is 0 Å². The summed E-state index contributed by atoms with van der Waals surface area (Å²) in [7, 11) is 2.17. The van der Waals surface area contributed by atoms with Gasteiger partial charge in [0.2, 0.25) is 0 Å². The maximum absolute atomic E-state index is 3.72. The third-order valence-corrected chi connectivity index (χ3v) is 4.58. The number of hydrogen-bond acceptors (Lipinski definition) is 2. The van der Waals surface area contributed by atoms with Crippen LogP contribution in [0.4, 0.5) is 5.69 Å². The Morgan fingerprint density at radius 1 is 1.20 bits per heavy atom. The van der Waals surface area contributed by atoms with Crippen molar-refractivity contribution in [3.63, 3.8) is 0 Å². The standard InChI is InChI=1S/C17H29BrN2/c1-12(2)19-11-14-8-9-16(15(18)10-14)20(7)13(3)17(4,5)6/h8-10,12-13,19H,11H2,1-7H3. The van der Waals surface area contributed by atoms with Crippen molar-refractivity contribution in [1.29, 1.82) is 0 Å². The van der Waals surface area contributed by atoms with E-state index in [4.69, 9.17) is 0 Å². The van der Waals surface area contributed by atoms with E-state index in [-0.39, 0.29) is 5.41 Å². The van der Waals surface area contributed by atoms with E-state index in [0.717, 1.165) is 6.54 Å². The lowest BCUT2D eigenvalue weighted by atomic mass is 9.87. The van der Waals surface area contributed by atoms with Gasteiger partial charge in [0, 0.05) is 30.1 Å². The molecule has 0 aliphatic rings. The summed E-state index contributed by atoms with van der Waals surface area (Å²) in [5, 5.41) is 3.45. The summed E-state index contributed by atoms with van der Waals surface area (Å²) in [4.78, 5) is 2.35. The van der Waals surface area contributed by atoms with Crippen molar-refractivity contribution in [2.45, 2.75) is 60.2 Å². The molecule has 0 spiro atoms. The summed E-state index contributed by atoms with van der Waals surface area (Å²) < 4.78 is 1.17. The van der Waals surface area contributed by atoms with Gasteiger partial charge in [0.15, 0.2) is 0 Å². The highest BCUT2D eigenvalue weighted by Gasteiger charge is 2.25. The zero-order chi connectivity index (χ0) is 15.5. The van der Waals surface area contributed by atoms with Gasteiger partial charge in [-0.15, -0.1) is 0 Å². The third-order valence-electron chi connectivity index (χ3n) is 3.94. The number of benzene rings is 1. The molecular weight excluding hydrogens is 312 g/mol. The maximum Gasteiger partial charge on any atom is 0.0510 e. The molecule has 0 bridgehead atoms. The number of rotatable bonds is 5. The van der Waals surface area contributed by atoms with Gasteiger partial charge in [-0.3, -0.25) is 0 Å². The molecule has 0 aromatic heterocycles. The van der Waals surface area contributed by atoms with Crippen LogP contribution in [0.2, 0.25) is 0 Å². The van der Waals surface area contributed by atoms with Crippen molar-refractivity contribution in [1.82, 2.24) is 5.32 Å². The van der Waals surface area contributed by atoms with Gasteiger partial charge in [-0.1, -0.05) is 40.7 Å². The van der Waals surface area contributed by atoms with Gasteiger partial charge in [-0.05, 0) is 46.0 Å². The topological polar surface area (TPSA) is 15.3 Å². The SMILES string of the molecule is CC(C)NCc1ccc(N(C)C(C)C(C)(C)C)c(Br)c1. The Balaban J connectivity index is 2.87. The highest BCUT2D eigenvalue weighted by atomic mass is 79.9. The summed E-state index contributed by atoms with van der Waals surface area (Å²) in [6.45, 7) is 14.4. The van der Waals surface area contributed by atoms with Gasteiger partial charge in [0.05, 0.1) is 5.69 Å². The molecule has 3 heteroatoms. The normalized spacial score (nSPS) is 13.7. The molecule has 0 radical (unpaired) electrons. The summed E-state index contributed by atoms with van der Waals surface area (Å²) in [6, 6.07) is 7.62. The minimum absolute atomic E-state index is 0.256. The van der Waals surface area contributed by atoms with E-state index in [2.05, 4.69) is 92.9 Å². The number of nitrogens with one attached hydrogen (secondary N) is 1. The second kappa shape index (κ2) is 6.95. The van der Waals surface area contributed by atoms with Crippen LogP contribution in [-0.4, -0.2) is 19.1 Å². The molecule has 1 aromatic carbocycles. The molecule has 1 aromatic rings. The quantitative estimate of drug-likeness (QED) is 0.826. The van der Waals surface area contributed by atoms with Crippen molar-refractivity contribution in [2.24, 2.45) is 5.41 Å². The first-order valence-electron chi connectivity index (χ1n) is 7.37. The Hall–Kier alpha value is -0.540. The predicted molar refractivity (Wildman–Crippen MR) is 93.4 cm³/mol. The lowest BCUT2D eigenvalue weighted by Gasteiger charge is -2.37. The molecule has 20 heavy (non-hydrogen) atoms. The Labute approximate surface area is 133 Å². The zero-order valence-corrected chi connectivity index (χ0v) is 15.5. The van der Waals surface area contributed by atoms with E-state index in [1.807, 2.05) is 0 Å². The van der Waals surface area contributed by atoms with Crippen LogP contribution in [-0.2, 0) is 6.54 Å². The summed E-state index contributed by atoms with van der Waals surface area (Å²) in [6.07, 6.45) is 0. The van der Waals surface area contributed by atoms with Gasteiger partial charge in [0.1, 0.15) is 0 Å². The van der Waals surface area contributed by atoms with Crippen molar-refractivity contribution in [3.05, 3.63) is 28.2 Å². The van der Waals surface area contributed by atoms with Crippen molar-refractivity contribution in [2.75, 3.05) is 11.9 Å². The Kier molecular flexibility index (Phi) is 6.08. The molecule has 2 nitrogen and oxygen atoms in total. The first-order chi connectivity index (χ1) is 9.12. The van der Waals surface area contributed by atoms with Crippen LogP contribution in [0.25, 0.3) is 0 Å². The first-order valence-corrected chi connectivity index (χ1v) is 8.17. The molecule has 0 heterocycles. The molecule has 1 N–H and O–H groups in total. The summed E-state index contributed by atoms with van der Waals surface area (Å²) in [5.74, 6) is 0. The smallest absolute Gasteiger partial charge is 0.0510 e. The van der Waals surface area contributed by atoms with Crippen LogP contribution in [0.5, 0.6) is 0 Å². The summed E-state index contributed by atoms with van der Waals surface area (Å²) >= 11 is 3.72. The maximum atomic E-state index is 3.72. The van der Waals surface area contributed by atoms with Crippen LogP contribution in [0, 0.1) is 5.41 Å². The van der Waals surface area contributed by atoms with Crippen molar-refractivity contribution >= 4 is 21.6 Å². The molecular formula is C17H29BrN2. The van der Waals surface area contributed by atoms with E-state index < -0.39 is 0 Å². The van der Waals surface area contributed by atoms with Gasteiger partial charge in [-0.2, -0.15) is 0 Å². The number of hydrogen-bond donors (Lipinski definition) is 1. The van der Waals surface area contributed by atoms with Gasteiger partial charge in [-0.25, -0.2) is 0 Å². The highest BCUT2D eigenvalue weighted by molar-refractivity contribution is 9.10. The van der Waals surface area contributed by atoms with E-state index in [1.54, 1.807) is 0 Å². The fraction of sp³-hybridized carbons (Fsp3) is 0.647. The molecule has 0 saturated carbocycles. The molecule has 114 valence electrons. The van der Waals surface area contributed by atoms with Crippen LogP contribution in [0.15, 0.2) is 22.7 Å². The second-order valence-corrected chi connectivity index (χ2v) is 7.83. The molecule has 0 amide bonds. The Bertz CT molecular complexity index is 435. The molecule has 0 fully saturated rings. The van der Waals surface area contributed by atoms with Crippen molar-refractivity contribution in [3.8, 4) is 0 Å². The Morgan fingerprint density at radius 3 is 2.25 bits per heavy atom. The molecule has 0 aliphatic heterocycles. The lowest BCUT2D eigenvalue weighted by molar-refractivity contribution is 0.329. The molecule has 0 aliphatic carbocycles. The molecule has 1 rings (SSSR count). The molecule has 1 atom stereocenters. The number of nitrogens with zero attached hydrogens (tertiary/aromatic N) is 1. The second-order valence-electron chi connectivity index (χ2n) is 6.97. The minimum Gasteiger partial charge on any atom is -0.370 e. The predicted octanol–water partition coefficient (Wildman–Crippen LogP) is 4.82. The third kappa shape index (κ3) is 4.78. The summed E-state index contributed by atoms with van der Waals surface area (Å²) in [5.41, 5.74) is 2.82. The van der Waals surface area contributed by atoms with E-state index >= 15 is 0 Å². The van der Waals surface area contributed by atoms with Gasteiger partial charge < -0.3 is 10.2 Å². The van der Waals surface area contributed by atoms with E-state index in [9.17, 15) is 0 Å². The fourth-order valence-electron chi connectivity index (χ4n) is 2.06. The van der Waals surface area contributed by atoms with Gasteiger partial charge >= 0.3 is 0 Å². The average Bonchev–Trinajstić information content (AvgIpc) is 2.33. The highest BCUT2D eigenvalue weighted by Crippen LogP contribution is 2.32. The Morgan fingerprint density at radius 2 is 1.80 bits per heavy atom. The molecule has 1 unspecified atom stereocenters. The van der Waals surface area contributed by atoms with Crippen molar-refractivity contribution < 1.29 is 0 Å². The van der Waals surface area contributed by atoms with Crippen LogP contribution in [0.3, 0.4) is 0 Å². The fourth-order valence-corrected chi connectivity index (χ4v) is 2.76. The largest absolute Gasteiger partial charge is 0.370 e. The monoisotopic (exact) mass is 340 g/mol. The van der Waals surface area contributed by atoms with Crippen LogP contribution in [0.1, 0.15) is 47.1 Å². The zero-order valence-electron chi connectivity index (χ0n) is 13.9. The number of halogens is 1. The van der Waals surface area contributed by atoms with Crippen LogP contribution >= 0.6 is 15.9 Å². The minimum atomic E-state index is 0.256. The lowest BCUT2D eigenvalue weighted by Crippen LogP contribution is -2.39. The van der Waals surface area contributed by atoms with E-state index in [1.165, 1.54) is 15.7 Å².